The summed E-state index contributed by atoms with van der Waals surface area (Å²) in [6, 6.07) is 19.4. The first kappa shape index (κ1) is 21.8. The zero-order valence-corrected chi connectivity index (χ0v) is 19.1. The van der Waals surface area contributed by atoms with E-state index in [4.69, 9.17) is 21.1 Å². The maximum atomic E-state index is 12.8. The number of carbonyl (C=O) groups is 1. The highest BCUT2D eigenvalue weighted by Gasteiger charge is 2.14. The highest BCUT2D eigenvalue weighted by molar-refractivity contribution is 6.31. The van der Waals surface area contributed by atoms with Crippen molar-refractivity contribution in [3.05, 3.63) is 88.6 Å². The average Bonchev–Trinajstić information content (AvgIpc) is 3.13. The Labute approximate surface area is 192 Å². The molecule has 0 radical (unpaired) electrons. The van der Waals surface area contributed by atoms with E-state index in [0.717, 1.165) is 44.8 Å². The maximum absolute atomic E-state index is 12.8. The van der Waals surface area contributed by atoms with E-state index in [1.807, 2.05) is 61.7 Å². The summed E-state index contributed by atoms with van der Waals surface area (Å²) in [7, 11) is 3.28. The van der Waals surface area contributed by atoms with Gasteiger partial charge in [0.25, 0.3) is 0 Å². The first-order valence-electron chi connectivity index (χ1n) is 10.3. The van der Waals surface area contributed by atoms with E-state index >= 15 is 0 Å². The number of carbonyl (C=O) groups excluding carboxylic acids is 1. The summed E-state index contributed by atoms with van der Waals surface area (Å²) < 4.78 is 13.0. The minimum atomic E-state index is -0.0821. The van der Waals surface area contributed by atoms with E-state index in [-0.39, 0.29) is 12.3 Å². The Morgan fingerprint density at radius 2 is 1.72 bits per heavy atom. The van der Waals surface area contributed by atoms with Gasteiger partial charge in [-0.25, -0.2) is 0 Å². The number of nitrogens with zero attached hydrogens (tertiary/aromatic N) is 1. The molecule has 1 amide bonds. The van der Waals surface area contributed by atoms with Crippen LogP contribution in [0.2, 0.25) is 5.02 Å². The minimum Gasteiger partial charge on any atom is -0.497 e. The topological polar surface area (TPSA) is 52.5 Å². The zero-order valence-electron chi connectivity index (χ0n) is 18.3. The predicted octanol–water partition coefficient (Wildman–Crippen LogP) is 5.85. The van der Waals surface area contributed by atoms with Gasteiger partial charge in [-0.1, -0.05) is 35.9 Å². The second kappa shape index (κ2) is 9.37. The Kier molecular flexibility index (Phi) is 6.37. The van der Waals surface area contributed by atoms with E-state index in [0.29, 0.717) is 11.6 Å². The largest absolute Gasteiger partial charge is 0.497 e. The molecule has 1 N–H and O–H groups in total. The van der Waals surface area contributed by atoms with Crippen LogP contribution < -0.4 is 14.8 Å². The van der Waals surface area contributed by atoms with Crippen molar-refractivity contribution in [2.24, 2.45) is 0 Å². The van der Waals surface area contributed by atoms with Crippen LogP contribution in [0.3, 0.4) is 0 Å². The Morgan fingerprint density at radius 1 is 1.00 bits per heavy atom. The van der Waals surface area contributed by atoms with Crippen LogP contribution in [0, 0.1) is 6.92 Å². The van der Waals surface area contributed by atoms with Crippen molar-refractivity contribution < 1.29 is 14.3 Å². The van der Waals surface area contributed by atoms with E-state index in [9.17, 15) is 4.79 Å². The maximum Gasteiger partial charge on any atom is 0.228 e. The predicted molar refractivity (Wildman–Crippen MR) is 129 cm³/mol. The average molecular weight is 449 g/mol. The van der Waals surface area contributed by atoms with Gasteiger partial charge in [-0.15, -0.1) is 0 Å². The number of hydrogen-bond donors (Lipinski definition) is 1. The van der Waals surface area contributed by atoms with E-state index < -0.39 is 0 Å². The van der Waals surface area contributed by atoms with Crippen LogP contribution in [0.15, 0.2) is 66.9 Å². The lowest BCUT2D eigenvalue weighted by atomic mass is 10.1. The fourth-order valence-electron chi connectivity index (χ4n) is 3.85. The Bertz CT molecular complexity index is 1260. The standard InChI is InChI=1S/C26H25ClN2O3/c1-17-8-9-20(27)13-24(17)28-26(30)12-19-16-29(25-7-5-4-6-23(19)25)15-18-10-21(31-2)14-22(11-18)32-3/h4-11,13-14,16H,12,15H2,1-3H3,(H,28,30). The number of fused-ring (bicyclic) bond motifs is 1. The van der Waals surface area contributed by atoms with Crippen molar-refractivity contribution in [2.75, 3.05) is 19.5 Å². The molecule has 0 bridgehead atoms. The number of ether oxygens (including phenoxy) is 2. The van der Waals surface area contributed by atoms with E-state index in [1.54, 1.807) is 20.3 Å². The first-order valence-corrected chi connectivity index (χ1v) is 10.7. The summed E-state index contributed by atoms with van der Waals surface area (Å²) in [5, 5.41) is 4.64. The van der Waals surface area contributed by atoms with Gasteiger partial charge in [-0.05, 0) is 53.9 Å². The molecule has 1 aromatic heterocycles. The van der Waals surface area contributed by atoms with Crippen LogP contribution in [0.1, 0.15) is 16.7 Å². The normalized spacial score (nSPS) is 10.9. The number of anilines is 1. The molecule has 3 aromatic carbocycles. The third-order valence-electron chi connectivity index (χ3n) is 5.46. The monoisotopic (exact) mass is 448 g/mol. The Hall–Kier alpha value is -3.44. The van der Waals surface area contributed by atoms with Gasteiger partial charge in [-0.3, -0.25) is 4.79 Å². The fourth-order valence-corrected chi connectivity index (χ4v) is 4.02. The van der Waals surface area contributed by atoms with Crippen LogP contribution in [-0.2, 0) is 17.8 Å². The van der Waals surface area contributed by atoms with Gasteiger partial charge >= 0.3 is 0 Å². The number of aryl methyl sites for hydroxylation is 1. The van der Waals surface area contributed by atoms with Crippen LogP contribution in [-0.4, -0.2) is 24.7 Å². The van der Waals surface area contributed by atoms with Crippen molar-refractivity contribution in [3.63, 3.8) is 0 Å². The molecule has 4 rings (SSSR count). The first-order chi connectivity index (χ1) is 15.5. The molecule has 0 fully saturated rings. The number of hydrogen-bond acceptors (Lipinski definition) is 3. The lowest BCUT2D eigenvalue weighted by molar-refractivity contribution is -0.115. The molecule has 1 heterocycles. The molecule has 0 saturated heterocycles. The lowest BCUT2D eigenvalue weighted by Crippen LogP contribution is -2.15. The second-order valence-corrected chi connectivity index (χ2v) is 8.14. The molecular formula is C26H25ClN2O3. The zero-order chi connectivity index (χ0) is 22.7. The highest BCUT2D eigenvalue weighted by Crippen LogP contribution is 2.27. The van der Waals surface area contributed by atoms with Gasteiger partial charge < -0.3 is 19.4 Å². The van der Waals surface area contributed by atoms with Crippen molar-refractivity contribution in [2.45, 2.75) is 19.9 Å². The number of nitrogens with one attached hydrogen (secondary N) is 1. The molecular weight excluding hydrogens is 424 g/mol. The quantitative estimate of drug-likeness (QED) is 0.386. The third kappa shape index (κ3) is 4.73. The SMILES string of the molecule is COc1cc(Cn2cc(CC(=O)Nc3cc(Cl)ccc3C)c3ccccc32)cc(OC)c1. The molecule has 32 heavy (non-hydrogen) atoms. The van der Waals surface area contributed by atoms with Gasteiger partial charge in [0, 0.05) is 40.4 Å². The van der Waals surface area contributed by atoms with Crippen molar-refractivity contribution in [1.82, 2.24) is 4.57 Å². The van der Waals surface area contributed by atoms with Gasteiger partial charge in [0.2, 0.25) is 5.91 Å². The van der Waals surface area contributed by atoms with E-state index in [2.05, 4.69) is 16.0 Å². The van der Waals surface area contributed by atoms with Gasteiger partial charge in [0.15, 0.2) is 0 Å². The van der Waals surface area contributed by atoms with Crippen molar-refractivity contribution >= 4 is 34.1 Å². The molecule has 0 aliphatic rings. The van der Waals surface area contributed by atoms with E-state index in [1.165, 1.54) is 0 Å². The minimum absolute atomic E-state index is 0.0821. The lowest BCUT2D eigenvalue weighted by Gasteiger charge is -2.10. The molecule has 5 nitrogen and oxygen atoms in total. The molecule has 0 spiro atoms. The summed E-state index contributed by atoms with van der Waals surface area (Å²) >= 11 is 6.09. The fraction of sp³-hybridized carbons (Fsp3) is 0.192. The number of aromatic nitrogens is 1. The Morgan fingerprint density at radius 3 is 2.44 bits per heavy atom. The van der Waals surface area contributed by atoms with Gasteiger partial charge in [0.05, 0.1) is 20.6 Å². The van der Waals surface area contributed by atoms with Crippen LogP contribution in [0.4, 0.5) is 5.69 Å². The number of benzene rings is 3. The highest BCUT2D eigenvalue weighted by atomic mass is 35.5. The molecule has 0 aliphatic carbocycles. The van der Waals surface area contributed by atoms with Crippen LogP contribution >= 0.6 is 11.6 Å². The van der Waals surface area contributed by atoms with Gasteiger partial charge in [0.1, 0.15) is 11.5 Å². The second-order valence-electron chi connectivity index (χ2n) is 7.70. The molecule has 0 atom stereocenters. The van der Waals surface area contributed by atoms with Crippen molar-refractivity contribution in [3.8, 4) is 11.5 Å². The van der Waals surface area contributed by atoms with Crippen molar-refractivity contribution in [1.29, 1.82) is 0 Å². The molecule has 0 aliphatic heterocycles. The number of rotatable bonds is 7. The van der Waals surface area contributed by atoms with Gasteiger partial charge in [-0.2, -0.15) is 0 Å². The van der Waals surface area contributed by atoms with Crippen LogP contribution in [0.5, 0.6) is 11.5 Å². The summed E-state index contributed by atoms with van der Waals surface area (Å²) in [5.74, 6) is 1.40. The number of amides is 1. The smallest absolute Gasteiger partial charge is 0.228 e. The molecule has 0 saturated carbocycles. The number of halogens is 1. The third-order valence-corrected chi connectivity index (χ3v) is 5.70. The van der Waals surface area contributed by atoms with Crippen LogP contribution in [0.25, 0.3) is 10.9 Å². The summed E-state index contributed by atoms with van der Waals surface area (Å²) in [6.07, 6.45) is 2.31. The number of methoxy groups -OCH3 is 2. The Balaban J connectivity index is 1.62. The summed E-state index contributed by atoms with van der Waals surface area (Å²) in [4.78, 5) is 12.8. The molecule has 0 unspecified atom stereocenters. The number of para-hydroxylation sites is 1. The molecule has 6 heteroatoms. The summed E-state index contributed by atoms with van der Waals surface area (Å²) in [6.45, 7) is 2.57. The summed E-state index contributed by atoms with van der Waals surface area (Å²) in [5.41, 5.74) is 4.78. The molecule has 164 valence electrons. The molecule has 4 aromatic rings.